The molecule has 2 aromatic rings. The van der Waals surface area contributed by atoms with Gasteiger partial charge in [0.05, 0.1) is 23.1 Å². The van der Waals surface area contributed by atoms with Crippen LogP contribution in [0, 0.1) is 0 Å². The van der Waals surface area contributed by atoms with Crippen molar-refractivity contribution in [2.45, 2.75) is 26.7 Å². The number of carbonyl (C=O) groups excluding carboxylic acids is 1. The second-order valence-electron chi connectivity index (χ2n) is 5.26. The topological polar surface area (TPSA) is 58.9 Å². The van der Waals surface area contributed by atoms with Crippen LogP contribution in [0.25, 0.3) is 5.69 Å². The highest BCUT2D eigenvalue weighted by Crippen LogP contribution is 2.19. The fourth-order valence-corrected chi connectivity index (χ4v) is 2.58. The molecular weight excluding hydrogens is 347 g/mol. The van der Waals surface area contributed by atoms with E-state index >= 15 is 0 Å². The number of nitrogens with one attached hydrogen (secondary N) is 2. The van der Waals surface area contributed by atoms with Crippen LogP contribution in [0.2, 0.25) is 5.02 Å². The van der Waals surface area contributed by atoms with Crippen molar-refractivity contribution in [2.75, 3.05) is 19.6 Å². The number of aromatic nitrogens is 2. The zero-order chi connectivity index (χ0) is 16.7. The molecule has 0 aliphatic carbocycles. The molecule has 1 aromatic heterocycles. The van der Waals surface area contributed by atoms with Crippen molar-refractivity contribution in [3.05, 3.63) is 46.7 Å². The highest BCUT2D eigenvalue weighted by Gasteiger charge is 2.16. The van der Waals surface area contributed by atoms with Crippen LogP contribution in [0.1, 0.15) is 36.3 Å². The Kier molecular flexibility index (Phi) is 8.82. The summed E-state index contributed by atoms with van der Waals surface area (Å²) in [4.78, 5) is 12.4. The number of carbonyl (C=O) groups is 1. The molecule has 1 heterocycles. The molecule has 0 unspecified atom stereocenters. The molecule has 1 aromatic carbocycles. The molecule has 0 radical (unpaired) electrons. The van der Waals surface area contributed by atoms with E-state index in [-0.39, 0.29) is 18.3 Å². The van der Waals surface area contributed by atoms with Gasteiger partial charge in [-0.05, 0) is 37.6 Å². The Morgan fingerprint density at radius 1 is 1.25 bits per heavy atom. The van der Waals surface area contributed by atoms with Crippen molar-refractivity contribution in [1.82, 2.24) is 20.4 Å². The van der Waals surface area contributed by atoms with Gasteiger partial charge in [0.25, 0.3) is 5.91 Å². The van der Waals surface area contributed by atoms with Crippen LogP contribution in [-0.4, -0.2) is 35.3 Å². The van der Waals surface area contributed by atoms with Gasteiger partial charge < -0.3 is 10.6 Å². The summed E-state index contributed by atoms with van der Waals surface area (Å²) >= 11 is 6.04. The summed E-state index contributed by atoms with van der Waals surface area (Å²) in [6.07, 6.45) is 3.41. The molecule has 24 heavy (non-hydrogen) atoms. The van der Waals surface area contributed by atoms with Gasteiger partial charge in [0.2, 0.25) is 0 Å². The monoisotopic (exact) mass is 370 g/mol. The minimum atomic E-state index is -0.0894. The van der Waals surface area contributed by atoms with E-state index in [4.69, 9.17) is 11.6 Å². The van der Waals surface area contributed by atoms with Crippen molar-refractivity contribution >= 4 is 29.9 Å². The molecule has 132 valence electrons. The standard InChI is InChI=1S/C17H23ClN4O.ClH/c1-3-8-19-9-10-20-17(23)15-12-21-22(16(15)4-2)14-7-5-6-13(18)11-14;/h5-7,11-12,19H,3-4,8-10H2,1-2H3,(H,20,23);1H. The number of benzene rings is 1. The number of amides is 1. The molecule has 0 saturated carbocycles. The summed E-state index contributed by atoms with van der Waals surface area (Å²) in [7, 11) is 0. The van der Waals surface area contributed by atoms with Gasteiger partial charge in [-0.3, -0.25) is 4.79 Å². The summed E-state index contributed by atoms with van der Waals surface area (Å²) in [5.74, 6) is -0.0894. The number of nitrogens with zero attached hydrogens (tertiary/aromatic N) is 2. The molecule has 0 aliphatic rings. The molecule has 5 nitrogen and oxygen atoms in total. The van der Waals surface area contributed by atoms with E-state index in [0.29, 0.717) is 23.6 Å². The van der Waals surface area contributed by atoms with Gasteiger partial charge >= 0.3 is 0 Å². The van der Waals surface area contributed by atoms with Gasteiger partial charge in [-0.1, -0.05) is 31.5 Å². The Hall–Kier alpha value is -1.56. The van der Waals surface area contributed by atoms with E-state index < -0.39 is 0 Å². The zero-order valence-corrected chi connectivity index (χ0v) is 15.6. The lowest BCUT2D eigenvalue weighted by Gasteiger charge is -2.09. The van der Waals surface area contributed by atoms with Gasteiger partial charge in [-0.2, -0.15) is 5.10 Å². The molecule has 0 fully saturated rings. The molecule has 0 saturated heterocycles. The molecule has 0 atom stereocenters. The molecule has 0 aliphatic heterocycles. The summed E-state index contributed by atoms with van der Waals surface area (Å²) in [5, 5.41) is 11.2. The van der Waals surface area contributed by atoms with Gasteiger partial charge in [0.1, 0.15) is 0 Å². The van der Waals surface area contributed by atoms with E-state index in [2.05, 4.69) is 22.7 Å². The maximum absolute atomic E-state index is 12.4. The first-order valence-electron chi connectivity index (χ1n) is 7.99. The smallest absolute Gasteiger partial charge is 0.254 e. The second kappa shape index (κ2) is 10.3. The molecular formula is C17H24Cl2N4O. The zero-order valence-electron chi connectivity index (χ0n) is 14.0. The number of hydrogen-bond donors (Lipinski definition) is 2. The molecule has 2 N–H and O–H groups in total. The summed E-state index contributed by atoms with van der Waals surface area (Å²) in [6, 6.07) is 7.45. The normalized spacial score (nSPS) is 10.3. The van der Waals surface area contributed by atoms with Gasteiger partial charge in [0.15, 0.2) is 0 Å². The van der Waals surface area contributed by atoms with Crippen molar-refractivity contribution < 1.29 is 4.79 Å². The van der Waals surface area contributed by atoms with Crippen LogP contribution >= 0.6 is 24.0 Å². The van der Waals surface area contributed by atoms with E-state index in [9.17, 15) is 4.79 Å². The van der Waals surface area contributed by atoms with Crippen molar-refractivity contribution in [2.24, 2.45) is 0 Å². The summed E-state index contributed by atoms with van der Waals surface area (Å²) in [5.41, 5.74) is 2.35. The fraction of sp³-hybridized carbons (Fsp3) is 0.412. The highest BCUT2D eigenvalue weighted by molar-refractivity contribution is 6.30. The van der Waals surface area contributed by atoms with Crippen LogP contribution < -0.4 is 10.6 Å². The lowest BCUT2D eigenvalue weighted by molar-refractivity contribution is 0.0953. The minimum Gasteiger partial charge on any atom is -0.351 e. The van der Waals surface area contributed by atoms with Gasteiger partial charge in [-0.15, -0.1) is 12.4 Å². The number of hydrogen-bond acceptors (Lipinski definition) is 3. The maximum atomic E-state index is 12.4. The number of halogens is 2. The van der Waals surface area contributed by atoms with Crippen LogP contribution in [0.3, 0.4) is 0 Å². The molecule has 0 bridgehead atoms. The first kappa shape index (κ1) is 20.5. The Morgan fingerprint density at radius 2 is 2.04 bits per heavy atom. The number of rotatable bonds is 8. The van der Waals surface area contributed by atoms with E-state index in [1.54, 1.807) is 10.9 Å². The van der Waals surface area contributed by atoms with Crippen LogP contribution in [0.15, 0.2) is 30.5 Å². The third-order valence-corrected chi connectivity index (χ3v) is 3.75. The summed E-state index contributed by atoms with van der Waals surface area (Å²) in [6.45, 7) is 6.46. The Bertz CT molecular complexity index is 658. The average Bonchev–Trinajstić information content (AvgIpc) is 2.98. The predicted octanol–water partition coefficient (Wildman–Crippen LogP) is 3.24. The second-order valence-corrected chi connectivity index (χ2v) is 5.69. The largest absolute Gasteiger partial charge is 0.351 e. The SMILES string of the molecule is CCCNCCNC(=O)c1cnn(-c2cccc(Cl)c2)c1CC.Cl. The first-order valence-corrected chi connectivity index (χ1v) is 8.36. The van der Waals surface area contributed by atoms with Crippen LogP contribution in [-0.2, 0) is 6.42 Å². The highest BCUT2D eigenvalue weighted by atomic mass is 35.5. The lowest BCUT2D eigenvalue weighted by atomic mass is 10.2. The van der Waals surface area contributed by atoms with Gasteiger partial charge in [0, 0.05) is 18.1 Å². The van der Waals surface area contributed by atoms with Crippen molar-refractivity contribution in [3.63, 3.8) is 0 Å². The molecule has 1 amide bonds. The Morgan fingerprint density at radius 3 is 2.71 bits per heavy atom. The molecule has 7 heteroatoms. The molecule has 0 spiro atoms. The third kappa shape index (κ3) is 5.23. The minimum absolute atomic E-state index is 0. The van der Waals surface area contributed by atoms with E-state index in [1.165, 1.54) is 0 Å². The van der Waals surface area contributed by atoms with Crippen molar-refractivity contribution in [1.29, 1.82) is 0 Å². The summed E-state index contributed by atoms with van der Waals surface area (Å²) < 4.78 is 1.77. The average molecular weight is 371 g/mol. The van der Waals surface area contributed by atoms with E-state index in [1.807, 2.05) is 31.2 Å². The quantitative estimate of drug-likeness (QED) is 0.701. The molecule has 2 rings (SSSR count). The third-order valence-electron chi connectivity index (χ3n) is 3.52. The predicted molar refractivity (Wildman–Crippen MR) is 101 cm³/mol. The first-order chi connectivity index (χ1) is 11.2. The Balaban J connectivity index is 0.00000288. The lowest BCUT2D eigenvalue weighted by Crippen LogP contribution is -2.32. The van der Waals surface area contributed by atoms with Gasteiger partial charge in [-0.25, -0.2) is 4.68 Å². The Labute approximate surface area is 154 Å². The maximum Gasteiger partial charge on any atom is 0.254 e. The van der Waals surface area contributed by atoms with Crippen molar-refractivity contribution in [3.8, 4) is 5.69 Å². The van der Waals surface area contributed by atoms with E-state index in [0.717, 1.165) is 30.9 Å². The van der Waals surface area contributed by atoms with Crippen LogP contribution in [0.4, 0.5) is 0 Å². The fourth-order valence-electron chi connectivity index (χ4n) is 2.40. The van der Waals surface area contributed by atoms with Crippen LogP contribution in [0.5, 0.6) is 0 Å².